The van der Waals surface area contributed by atoms with E-state index in [9.17, 15) is 8.42 Å². The van der Waals surface area contributed by atoms with E-state index in [1.54, 1.807) is 20.8 Å². The number of aromatic nitrogens is 1. The maximum Gasteiger partial charge on any atom is 0.156 e. The Morgan fingerprint density at radius 2 is 1.95 bits per heavy atom. The summed E-state index contributed by atoms with van der Waals surface area (Å²) < 4.78 is 25.6. The molecule has 2 rings (SSSR count). The standard InChI is InChI=1S/C15H20N2O2S2/c1-15(2,3)21(18,19)9-8-17-7-6-11-10-12(14(16)20)4-5-13(11)17/h4-7,10H,8-9H2,1-3H3,(H2,16,20). The first-order valence-electron chi connectivity index (χ1n) is 6.73. The molecule has 0 fully saturated rings. The molecule has 0 saturated heterocycles. The molecule has 0 bridgehead atoms. The second-order valence-corrected chi connectivity index (χ2v) is 9.38. The maximum absolute atomic E-state index is 12.2. The Hall–Kier alpha value is -1.40. The smallest absolute Gasteiger partial charge is 0.156 e. The summed E-state index contributed by atoms with van der Waals surface area (Å²) in [5.74, 6) is 0.122. The van der Waals surface area contributed by atoms with Crippen LogP contribution in [0.15, 0.2) is 30.5 Å². The van der Waals surface area contributed by atoms with Gasteiger partial charge in [-0.15, -0.1) is 0 Å². The largest absolute Gasteiger partial charge is 0.389 e. The summed E-state index contributed by atoms with van der Waals surface area (Å²) in [5, 5.41) is 1.01. The Bertz CT molecular complexity index is 784. The van der Waals surface area contributed by atoms with Gasteiger partial charge in [0.15, 0.2) is 9.84 Å². The fraction of sp³-hybridized carbons (Fsp3) is 0.400. The average molecular weight is 324 g/mol. The number of fused-ring (bicyclic) bond motifs is 1. The van der Waals surface area contributed by atoms with Gasteiger partial charge in [-0.1, -0.05) is 12.2 Å². The second-order valence-electron chi connectivity index (χ2n) is 6.08. The lowest BCUT2D eigenvalue weighted by Crippen LogP contribution is -2.31. The van der Waals surface area contributed by atoms with Crippen molar-refractivity contribution in [3.8, 4) is 0 Å². The van der Waals surface area contributed by atoms with Crippen LogP contribution in [0.1, 0.15) is 26.3 Å². The molecule has 4 nitrogen and oxygen atoms in total. The van der Waals surface area contributed by atoms with Crippen LogP contribution >= 0.6 is 12.2 Å². The predicted octanol–water partition coefficient (Wildman–Crippen LogP) is 2.49. The van der Waals surface area contributed by atoms with Crippen LogP contribution in [0, 0.1) is 0 Å². The number of rotatable bonds is 4. The summed E-state index contributed by atoms with van der Waals surface area (Å²) in [7, 11) is -3.13. The third-order valence-electron chi connectivity index (χ3n) is 3.59. The average Bonchev–Trinajstić information content (AvgIpc) is 2.77. The van der Waals surface area contributed by atoms with Gasteiger partial charge in [0.25, 0.3) is 0 Å². The van der Waals surface area contributed by atoms with E-state index in [0.29, 0.717) is 11.5 Å². The van der Waals surface area contributed by atoms with E-state index in [1.807, 2.05) is 35.0 Å². The Balaban J connectivity index is 2.27. The van der Waals surface area contributed by atoms with E-state index in [2.05, 4.69) is 0 Å². The lowest BCUT2D eigenvalue weighted by Gasteiger charge is -2.19. The summed E-state index contributed by atoms with van der Waals surface area (Å²) in [6, 6.07) is 7.65. The fourth-order valence-corrected chi connectivity index (χ4v) is 3.25. The third kappa shape index (κ3) is 3.27. The van der Waals surface area contributed by atoms with Gasteiger partial charge < -0.3 is 10.3 Å². The molecule has 0 aliphatic rings. The Morgan fingerprint density at radius 3 is 2.52 bits per heavy atom. The molecule has 0 saturated carbocycles. The number of nitrogens with two attached hydrogens (primary N) is 1. The molecule has 1 aromatic heterocycles. The molecule has 0 spiro atoms. The first-order chi connectivity index (χ1) is 9.62. The van der Waals surface area contributed by atoms with Crippen molar-refractivity contribution in [1.82, 2.24) is 4.57 Å². The number of sulfone groups is 1. The van der Waals surface area contributed by atoms with Crippen molar-refractivity contribution in [2.45, 2.75) is 32.1 Å². The van der Waals surface area contributed by atoms with E-state index in [1.165, 1.54) is 0 Å². The lowest BCUT2D eigenvalue weighted by molar-refractivity contribution is 0.555. The second kappa shape index (κ2) is 5.42. The number of benzene rings is 1. The highest BCUT2D eigenvalue weighted by Crippen LogP contribution is 2.20. The topological polar surface area (TPSA) is 65.1 Å². The van der Waals surface area contributed by atoms with Gasteiger partial charge in [-0.2, -0.15) is 0 Å². The fourth-order valence-electron chi connectivity index (χ4n) is 2.07. The van der Waals surface area contributed by atoms with Gasteiger partial charge in [0.2, 0.25) is 0 Å². The lowest BCUT2D eigenvalue weighted by atomic mass is 10.1. The summed E-state index contributed by atoms with van der Waals surface area (Å²) in [4.78, 5) is 0.361. The van der Waals surface area contributed by atoms with Gasteiger partial charge in [-0.3, -0.25) is 0 Å². The van der Waals surface area contributed by atoms with Gasteiger partial charge in [-0.25, -0.2) is 8.42 Å². The van der Waals surface area contributed by atoms with Crippen LogP contribution in [0.3, 0.4) is 0 Å². The Kier molecular flexibility index (Phi) is 4.13. The SMILES string of the molecule is CC(C)(C)S(=O)(=O)CCn1ccc2cc(C(N)=S)ccc21. The van der Waals surface area contributed by atoms with Crippen molar-refractivity contribution in [3.05, 3.63) is 36.0 Å². The van der Waals surface area contributed by atoms with Gasteiger partial charge in [0.1, 0.15) is 4.99 Å². The molecule has 2 N–H and O–H groups in total. The van der Waals surface area contributed by atoms with Crippen LogP contribution in [-0.4, -0.2) is 28.5 Å². The number of hydrogen-bond donors (Lipinski definition) is 1. The van der Waals surface area contributed by atoms with E-state index >= 15 is 0 Å². The Morgan fingerprint density at radius 1 is 1.29 bits per heavy atom. The van der Waals surface area contributed by atoms with Crippen molar-refractivity contribution in [1.29, 1.82) is 0 Å². The highest BCUT2D eigenvalue weighted by Gasteiger charge is 2.28. The zero-order chi connectivity index (χ0) is 15.8. The number of nitrogens with zero attached hydrogens (tertiary/aromatic N) is 1. The van der Waals surface area contributed by atoms with Crippen LogP contribution < -0.4 is 5.73 Å². The summed E-state index contributed by atoms with van der Waals surface area (Å²) in [6.07, 6.45) is 1.90. The minimum atomic E-state index is -3.13. The molecule has 6 heteroatoms. The molecule has 1 aromatic carbocycles. The van der Waals surface area contributed by atoms with Crippen molar-refractivity contribution < 1.29 is 8.42 Å². The molecule has 0 aliphatic heterocycles. The van der Waals surface area contributed by atoms with Crippen LogP contribution in [0.5, 0.6) is 0 Å². The van der Waals surface area contributed by atoms with Crippen molar-refractivity contribution in [2.24, 2.45) is 5.73 Å². The monoisotopic (exact) mass is 324 g/mol. The zero-order valence-electron chi connectivity index (χ0n) is 12.5. The minimum absolute atomic E-state index is 0.122. The number of hydrogen-bond acceptors (Lipinski definition) is 3. The highest BCUT2D eigenvalue weighted by molar-refractivity contribution is 7.92. The molecule has 0 unspecified atom stereocenters. The van der Waals surface area contributed by atoms with Gasteiger partial charge in [-0.05, 0) is 45.0 Å². The highest BCUT2D eigenvalue weighted by atomic mass is 32.2. The van der Waals surface area contributed by atoms with Gasteiger partial charge >= 0.3 is 0 Å². The van der Waals surface area contributed by atoms with Gasteiger partial charge in [0.05, 0.1) is 10.5 Å². The molecule has 0 atom stereocenters. The first kappa shape index (κ1) is 16.0. The van der Waals surface area contributed by atoms with Crippen LogP contribution in [0.25, 0.3) is 10.9 Å². The number of thiocarbonyl (C=S) groups is 1. The molecule has 2 aromatic rings. The molecule has 1 heterocycles. The first-order valence-corrected chi connectivity index (χ1v) is 8.79. The number of aryl methyl sites for hydroxylation is 1. The molecular weight excluding hydrogens is 304 g/mol. The van der Waals surface area contributed by atoms with Crippen LogP contribution in [0.4, 0.5) is 0 Å². The van der Waals surface area contributed by atoms with Crippen LogP contribution in [-0.2, 0) is 16.4 Å². The van der Waals surface area contributed by atoms with E-state index in [-0.39, 0.29) is 5.75 Å². The summed E-state index contributed by atoms with van der Waals surface area (Å²) in [5.41, 5.74) is 7.42. The Labute approximate surface area is 130 Å². The van der Waals surface area contributed by atoms with Crippen LogP contribution in [0.2, 0.25) is 0 Å². The van der Waals surface area contributed by atoms with E-state index < -0.39 is 14.6 Å². The zero-order valence-corrected chi connectivity index (χ0v) is 14.1. The van der Waals surface area contributed by atoms with Crippen molar-refractivity contribution in [3.63, 3.8) is 0 Å². The molecule has 114 valence electrons. The van der Waals surface area contributed by atoms with E-state index in [4.69, 9.17) is 18.0 Å². The third-order valence-corrected chi connectivity index (χ3v) is 6.41. The molecule has 21 heavy (non-hydrogen) atoms. The molecule has 0 radical (unpaired) electrons. The molecule has 0 aliphatic carbocycles. The van der Waals surface area contributed by atoms with E-state index in [0.717, 1.165) is 16.5 Å². The summed E-state index contributed by atoms with van der Waals surface area (Å²) in [6.45, 7) is 5.62. The normalized spacial score (nSPS) is 12.7. The maximum atomic E-state index is 12.2. The summed E-state index contributed by atoms with van der Waals surface area (Å²) >= 11 is 4.96. The van der Waals surface area contributed by atoms with Gasteiger partial charge in [0, 0.05) is 29.2 Å². The molecule has 0 amide bonds. The molecular formula is C15H20N2O2S2. The minimum Gasteiger partial charge on any atom is -0.389 e. The quantitative estimate of drug-likeness (QED) is 0.878. The predicted molar refractivity (Wildman–Crippen MR) is 91.4 cm³/mol. The van der Waals surface area contributed by atoms with Crippen molar-refractivity contribution in [2.75, 3.05) is 5.75 Å². The van der Waals surface area contributed by atoms with Crippen molar-refractivity contribution >= 4 is 37.9 Å².